The van der Waals surface area contributed by atoms with Crippen LogP contribution in [-0.2, 0) is 38.9 Å². The molecule has 0 aliphatic carbocycles. The van der Waals surface area contributed by atoms with Crippen LogP contribution >= 0.6 is 0 Å². The molecular formula is C27H33B3N6O7. The average molecular weight is 586 g/mol. The molecule has 222 valence electrons. The van der Waals surface area contributed by atoms with Crippen molar-refractivity contribution in [2.75, 3.05) is 14.1 Å². The van der Waals surface area contributed by atoms with Gasteiger partial charge in [-0.05, 0) is 6.07 Å². The topological polar surface area (TPSA) is 158 Å². The summed E-state index contributed by atoms with van der Waals surface area (Å²) in [5.74, 6) is -4.10. The number of hydrogen-bond acceptors (Lipinski definition) is 11. The van der Waals surface area contributed by atoms with E-state index in [-0.39, 0.29) is 22.5 Å². The van der Waals surface area contributed by atoms with Crippen LogP contribution in [0.2, 0.25) is 0 Å². The fourth-order valence-corrected chi connectivity index (χ4v) is 4.17. The van der Waals surface area contributed by atoms with E-state index in [0.29, 0.717) is 0 Å². The number of carbonyl (C=O) groups is 3. The van der Waals surface area contributed by atoms with Crippen LogP contribution in [0.1, 0.15) is 47.2 Å². The first kappa shape index (κ1) is 33.6. The molecule has 2 aromatic rings. The minimum atomic E-state index is -2.46. The zero-order valence-electron chi connectivity index (χ0n) is 25.5. The van der Waals surface area contributed by atoms with Crippen molar-refractivity contribution in [2.24, 2.45) is 22.7 Å². The van der Waals surface area contributed by atoms with E-state index in [4.69, 9.17) is 42.5 Å². The Morgan fingerprint density at radius 2 is 1.70 bits per heavy atom. The second-order valence-corrected chi connectivity index (χ2v) is 11.4. The normalized spacial score (nSPS) is 22.3. The molecule has 16 heteroatoms. The molecule has 3 rings (SSSR count). The predicted octanol–water partition coefficient (Wildman–Crippen LogP) is 0.188. The Balaban J connectivity index is 2.34. The van der Waals surface area contributed by atoms with Crippen LogP contribution in [0.15, 0.2) is 17.4 Å². The van der Waals surface area contributed by atoms with Crippen molar-refractivity contribution in [3.63, 3.8) is 0 Å². The molecule has 1 unspecified atom stereocenters. The lowest BCUT2D eigenvalue weighted by Gasteiger charge is -2.36. The van der Waals surface area contributed by atoms with Gasteiger partial charge in [0.2, 0.25) is 5.60 Å². The van der Waals surface area contributed by atoms with Crippen LogP contribution in [0.5, 0.6) is 0 Å². The lowest BCUT2D eigenvalue weighted by Crippen LogP contribution is -2.55. The molecule has 2 aromatic heterocycles. The Morgan fingerprint density at radius 3 is 2.23 bits per heavy atom. The number of aromatic nitrogens is 3. The number of carbonyl (C=O) groups excluding carboxylic acids is 3. The molecule has 1 saturated heterocycles. The number of nitriles is 1. The number of nitrogens with zero attached hydrogens (tertiary/aromatic N) is 6. The lowest BCUT2D eigenvalue weighted by molar-refractivity contribution is -0.175. The van der Waals surface area contributed by atoms with Gasteiger partial charge in [0.05, 0.1) is 35.2 Å². The molecule has 0 amide bonds. The van der Waals surface area contributed by atoms with Crippen LogP contribution in [0, 0.1) is 29.1 Å². The summed E-state index contributed by atoms with van der Waals surface area (Å²) in [4.78, 5) is 48.7. The molecule has 43 heavy (non-hydrogen) atoms. The Bertz CT molecular complexity index is 1450. The first-order chi connectivity index (χ1) is 20.0. The van der Waals surface area contributed by atoms with E-state index in [2.05, 4.69) is 15.1 Å². The molecule has 0 bridgehead atoms. The van der Waals surface area contributed by atoms with Crippen molar-refractivity contribution in [1.82, 2.24) is 19.5 Å². The third-order valence-electron chi connectivity index (χ3n) is 6.46. The molecule has 3 heterocycles. The van der Waals surface area contributed by atoms with Crippen molar-refractivity contribution in [3.8, 4) is 6.07 Å². The molecule has 1 fully saturated rings. The molecule has 6 radical (unpaired) electrons. The molecular weight excluding hydrogens is 553 g/mol. The third-order valence-corrected chi connectivity index (χ3v) is 6.46. The van der Waals surface area contributed by atoms with E-state index >= 15 is 0 Å². The third kappa shape index (κ3) is 6.72. The zero-order chi connectivity index (χ0) is 32.4. The minimum Gasteiger partial charge on any atom is -0.477 e. The molecule has 13 nitrogen and oxygen atoms in total. The summed E-state index contributed by atoms with van der Waals surface area (Å²) in [6.45, 7) is 9.42. The van der Waals surface area contributed by atoms with Crippen LogP contribution in [0.4, 0.5) is 5.82 Å². The second kappa shape index (κ2) is 12.8. The number of hydrogen-bond donors (Lipinski definition) is 0. The van der Waals surface area contributed by atoms with Gasteiger partial charge in [-0.15, -0.1) is 0 Å². The Hall–Kier alpha value is -3.86. The van der Waals surface area contributed by atoms with Gasteiger partial charge >= 0.3 is 17.9 Å². The monoisotopic (exact) mass is 586 g/mol. The number of ether oxygens (including phenoxy) is 4. The molecule has 4 atom stereocenters. The number of aliphatic imine (C=N–C) groups is 1. The van der Waals surface area contributed by atoms with Crippen molar-refractivity contribution < 1.29 is 33.3 Å². The minimum absolute atomic E-state index is 0.0353. The lowest BCUT2D eigenvalue weighted by atomic mass is 9.60. The fraction of sp³-hybridized carbons (Fsp3) is 0.593. The van der Waals surface area contributed by atoms with Crippen LogP contribution < -0.4 is 5.46 Å². The van der Waals surface area contributed by atoms with Gasteiger partial charge in [-0.1, -0.05) is 47.0 Å². The Labute approximate surface area is 254 Å². The van der Waals surface area contributed by atoms with Gasteiger partial charge in [-0.3, -0.25) is 14.4 Å². The predicted molar refractivity (Wildman–Crippen MR) is 157 cm³/mol. The van der Waals surface area contributed by atoms with Gasteiger partial charge in [0.25, 0.3) is 0 Å². The SMILES string of the molecule is [B]c1cc([C@]2(C#N)OC(C([B])([B])OC(=O)C(C)C)[C@@H](OC(=O)C(C)C)[C@H]2OC(=O)C(C)C)n2ncnc(N=CN(C)C)c12. The fourth-order valence-electron chi connectivity index (χ4n) is 4.17. The number of fused-ring (bicyclic) bond motifs is 1. The first-order valence-corrected chi connectivity index (χ1v) is 13.6. The van der Waals surface area contributed by atoms with Crippen molar-refractivity contribution >= 4 is 64.6 Å². The highest BCUT2D eigenvalue weighted by atomic mass is 16.7. The molecule has 0 aromatic carbocycles. The zero-order valence-corrected chi connectivity index (χ0v) is 25.5. The van der Waals surface area contributed by atoms with Crippen LogP contribution in [0.3, 0.4) is 0 Å². The van der Waals surface area contributed by atoms with Crippen molar-refractivity contribution in [3.05, 3.63) is 18.1 Å². The summed E-state index contributed by atoms with van der Waals surface area (Å²) in [6, 6.07) is 3.42. The highest BCUT2D eigenvalue weighted by Gasteiger charge is 2.66. The Morgan fingerprint density at radius 1 is 1.12 bits per heavy atom. The maximum Gasteiger partial charge on any atom is 0.308 e. The average Bonchev–Trinajstić information content (AvgIpc) is 3.43. The quantitative estimate of drug-likeness (QED) is 0.123. The van der Waals surface area contributed by atoms with Gasteiger partial charge < -0.3 is 23.8 Å². The van der Waals surface area contributed by atoms with Gasteiger partial charge in [0.1, 0.15) is 47.6 Å². The van der Waals surface area contributed by atoms with E-state index in [9.17, 15) is 19.6 Å². The summed E-state index contributed by atoms with van der Waals surface area (Å²) in [6.07, 6.45) is -2.33. The molecule has 1 aliphatic heterocycles. The van der Waals surface area contributed by atoms with Gasteiger partial charge in [0.15, 0.2) is 18.0 Å². The summed E-state index contributed by atoms with van der Waals surface area (Å²) >= 11 is 0. The highest BCUT2D eigenvalue weighted by Crippen LogP contribution is 2.46. The van der Waals surface area contributed by atoms with E-state index < -0.39 is 65.0 Å². The van der Waals surface area contributed by atoms with E-state index in [1.165, 1.54) is 23.2 Å². The summed E-state index contributed by atoms with van der Waals surface area (Å²) in [7, 11) is 22.5. The van der Waals surface area contributed by atoms with E-state index in [1.807, 2.05) is 6.07 Å². The summed E-state index contributed by atoms with van der Waals surface area (Å²) < 4.78 is 24.4. The molecule has 0 spiro atoms. The van der Waals surface area contributed by atoms with Gasteiger partial charge in [0, 0.05) is 14.1 Å². The smallest absolute Gasteiger partial charge is 0.308 e. The van der Waals surface area contributed by atoms with Crippen molar-refractivity contribution in [2.45, 2.75) is 70.9 Å². The van der Waals surface area contributed by atoms with Gasteiger partial charge in [-0.2, -0.15) is 10.4 Å². The molecule has 0 saturated carbocycles. The molecule has 1 aliphatic rings. The Kier molecular flexibility index (Phi) is 10.0. The van der Waals surface area contributed by atoms with Gasteiger partial charge in [-0.25, -0.2) is 14.5 Å². The van der Waals surface area contributed by atoms with E-state index in [0.717, 1.165) is 0 Å². The van der Waals surface area contributed by atoms with Crippen molar-refractivity contribution in [1.29, 1.82) is 5.26 Å². The standard InChI is InChI=1S/C27H33B3N6O7/c1-13(2)23(37)40-19-20(41-24(38)14(3)4)26(10-31,42-21(19)27(29,30)43-25(39)15(5)6)17-9-16(28)18-22(33-12-35(7)8)32-11-34-36(17)18/h9,11-15,19-21H,1-8H3/t19-,20+,21?,26-/m0/s1. The molecule has 0 N–H and O–H groups in total. The van der Waals surface area contributed by atoms with E-state index in [1.54, 1.807) is 60.5 Å². The highest BCUT2D eigenvalue weighted by molar-refractivity contribution is 6.40. The van der Waals surface area contributed by atoms with Crippen LogP contribution in [-0.4, -0.2) is 105 Å². The maximum absolute atomic E-state index is 13.0. The maximum atomic E-state index is 13.0. The summed E-state index contributed by atoms with van der Waals surface area (Å²) in [5.41, 5.74) is -2.01. The number of esters is 3. The number of rotatable bonds is 10. The summed E-state index contributed by atoms with van der Waals surface area (Å²) in [5, 5.41) is 12.6. The first-order valence-electron chi connectivity index (χ1n) is 13.6. The largest absolute Gasteiger partial charge is 0.477 e. The van der Waals surface area contributed by atoms with Crippen LogP contribution in [0.25, 0.3) is 5.52 Å². The second-order valence-electron chi connectivity index (χ2n) is 11.4.